The highest BCUT2D eigenvalue weighted by Gasteiger charge is 2.26. The van der Waals surface area contributed by atoms with Gasteiger partial charge in [0.25, 0.3) is 5.91 Å². The monoisotopic (exact) mass is 584 g/mol. The zero-order chi connectivity index (χ0) is 28.6. The summed E-state index contributed by atoms with van der Waals surface area (Å²) in [5.41, 5.74) is 0.227. The Kier molecular flexibility index (Phi) is 11.3. The number of rotatable bonds is 15. The molecule has 0 radical (unpaired) electrons. The lowest BCUT2D eigenvalue weighted by atomic mass is 10.2. The molecule has 2 aromatic carbocycles. The van der Waals surface area contributed by atoms with E-state index < -0.39 is 27.6 Å². The van der Waals surface area contributed by atoms with Crippen LogP contribution in [0.4, 0.5) is 13.9 Å². The van der Waals surface area contributed by atoms with Crippen LogP contribution < -0.4 is 4.90 Å². The van der Waals surface area contributed by atoms with E-state index >= 15 is 0 Å². The number of hydrogen-bond acceptors (Lipinski definition) is 8. The SMILES string of the molecule is CCN(CC)CCN(C(=O)c1ccc(S(=O)(=O)N(CCOC)CCOC)cc1)c1nc2c(F)cc(F)cc2s1. The van der Waals surface area contributed by atoms with Crippen molar-refractivity contribution in [1.82, 2.24) is 14.2 Å². The number of benzene rings is 2. The van der Waals surface area contributed by atoms with E-state index in [4.69, 9.17) is 9.47 Å². The van der Waals surface area contributed by atoms with Crippen molar-refractivity contribution in [3.8, 4) is 0 Å². The molecule has 0 aliphatic heterocycles. The van der Waals surface area contributed by atoms with Gasteiger partial charge < -0.3 is 14.4 Å². The van der Waals surface area contributed by atoms with Gasteiger partial charge in [0.05, 0.1) is 22.8 Å². The summed E-state index contributed by atoms with van der Waals surface area (Å²) in [4.78, 5) is 21.5. The van der Waals surface area contributed by atoms with Crippen LogP contribution in [-0.2, 0) is 19.5 Å². The molecule has 1 amide bonds. The highest BCUT2D eigenvalue weighted by Crippen LogP contribution is 2.32. The van der Waals surface area contributed by atoms with Crippen molar-refractivity contribution in [1.29, 1.82) is 0 Å². The van der Waals surface area contributed by atoms with E-state index in [1.165, 1.54) is 53.8 Å². The zero-order valence-corrected chi connectivity index (χ0v) is 24.2. The summed E-state index contributed by atoms with van der Waals surface area (Å²) in [5.74, 6) is -1.95. The minimum atomic E-state index is -3.86. The quantitative estimate of drug-likeness (QED) is 0.268. The summed E-state index contributed by atoms with van der Waals surface area (Å²) in [6, 6.07) is 7.59. The Balaban J connectivity index is 1.93. The average molecular weight is 585 g/mol. The van der Waals surface area contributed by atoms with Gasteiger partial charge >= 0.3 is 0 Å². The number of halogens is 2. The molecule has 0 fully saturated rings. The topological polar surface area (TPSA) is 92.3 Å². The Hall–Kier alpha value is -2.55. The molecule has 0 saturated heterocycles. The van der Waals surface area contributed by atoms with Crippen molar-refractivity contribution < 1.29 is 31.5 Å². The van der Waals surface area contributed by atoms with Crippen LogP contribution >= 0.6 is 11.3 Å². The molecule has 0 atom stereocenters. The maximum atomic E-state index is 14.4. The second kappa shape index (κ2) is 14.2. The number of anilines is 1. The van der Waals surface area contributed by atoms with E-state index in [-0.39, 0.29) is 58.7 Å². The largest absolute Gasteiger partial charge is 0.383 e. The van der Waals surface area contributed by atoms with Crippen molar-refractivity contribution in [2.24, 2.45) is 0 Å². The molecular weight excluding hydrogens is 550 g/mol. The Labute approximate surface area is 232 Å². The minimum Gasteiger partial charge on any atom is -0.383 e. The van der Waals surface area contributed by atoms with Gasteiger partial charge in [-0.2, -0.15) is 4.31 Å². The number of methoxy groups -OCH3 is 2. The molecule has 1 heterocycles. The first-order valence-corrected chi connectivity index (χ1v) is 14.8. The molecule has 0 N–H and O–H groups in total. The molecule has 0 spiro atoms. The van der Waals surface area contributed by atoms with Crippen molar-refractivity contribution in [3.63, 3.8) is 0 Å². The molecule has 9 nitrogen and oxygen atoms in total. The predicted molar refractivity (Wildman–Crippen MR) is 148 cm³/mol. The van der Waals surface area contributed by atoms with Gasteiger partial charge in [-0.15, -0.1) is 0 Å². The Morgan fingerprint density at radius 1 is 0.949 bits per heavy atom. The average Bonchev–Trinajstić information content (AvgIpc) is 3.35. The van der Waals surface area contributed by atoms with Crippen LogP contribution in [0.15, 0.2) is 41.3 Å². The number of sulfonamides is 1. The molecule has 3 aromatic rings. The van der Waals surface area contributed by atoms with Gasteiger partial charge in [0, 0.05) is 52.0 Å². The molecule has 0 aliphatic rings. The van der Waals surface area contributed by atoms with E-state index in [1.807, 2.05) is 13.8 Å². The van der Waals surface area contributed by atoms with Crippen LogP contribution in [0.3, 0.4) is 0 Å². The third-order valence-corrected chi connectivity index (χ3v) is 9.18. The standard InChI is InChI=1S/C26H34F2N4O5S2/c1-5-30(6-2)11-12-32(26-29-24-22(28)17-20(27)18-23(24)38-26)25(33)19-7-9-21(10-8-19)39(34,35)31(13-15-36-3)14-16-37-4/h7-10,17-18H,5-6,11-16H2,1-4H3. The number of hydrogen-bond donors (Lipinski definition) is 0. The van der Waals surface area contributed by atoms with Crippen LogP contribution in [0, 0.1) is 11.6 Å². The number of amides is 1. The van der Waals surface area contributed by atoms with Crippen molar-refractivity contribution in [2.45, 2.75) is 18.7 Å². The van der Waals surface area contributed by atoms with Crippen LogP contribution in [0.25, 0.3) is 10.2 Å². The molecule has 0 unspecified atom stereocenters. The fourth-order valence-electron chi connectivity index (χ4n) is 3.94. The Morgan fingerprint density at radius 3 is 2.13 bits per heavy atom. The summed E-state index contributed by atoms with van der Waals surface area (Å²) in [7, 11) is -0.881. The first-order chi connectivity index (χ1) is 18.7. The molecule has 3 rings (SSSR count). The van der Waals surface area contributed by atoms with Gasteiger partial charge in [-0.3, -0.25) is 9.69 Å². The normalized spacial score (nSPS) is 12.1. The number of likely N-dealkylation sites (N-methyl/N-ethyl adjacent to an activating group) is 1. The summed E-state index contributed by atoms with van der Waals surface area (Å²) < 4.78 is 66.2. The second-order valence-electron chi connectivity index (χ2n) is 8.63. The number of fused-ring (bicyclic) bond motifs is 1. The molecule has 39 heavy (non-hydrogen) atoms. The fraction of sp³-hybridized carbons (Fsp3) is 0.462. The fourth-order valence-corrected chi connectivity index (χ4v) is 6.38. The maximum Gasteiger partial charge on any atom is 0.260 e. The van der Waals surface area contributed by atoms with Gasteiger partial charge in [0.15, 0.2) is 10.9 Å². The third kappa shape index (κ3) is 7.56. The molecule has 0 aliphatic carbocycles. The van der Waals surface area contributed by atoms with Crippen molar-refractivity contribution in [3.05, 3.63) is 53.6 Å². The Bertz CT molecular complexity index is 1340. The zero-order valence-electron chi connectivity index (χ0n) is 22.5. The van der Waals surface area contributed by atoms with Gasteiger partial charge in [-0.1, -0.05) is 25.2 Å². The van der Waals surface area contributed by atoms with Gasteiger partial charge in [0.1, 0.15) is 11.3 Å². The van der Waals surface area contributed by atoms with Crippen LogP contribution in [0.5, 0.6) is 0 Å². The van der Waals surface area contributed by atoms with Gasteiger partial charge in [-0.05, 0) is 43.4 Å². The number of thiazole rings is 1. The molecule has 0 bridgehead atoms. The van der Waals surface area contributed by atoms with Crippen LogP contribution in [0.1, 0.15) is 24.2 Å². The molecule has 13 heteroatoms. The first-order valence-electron chi connectivity index (χ1n) is 12.5. The molecular formula is C26H34F2N4O5S2. The van der Waals surface area contributed by atoms with E-state index in [2.05, 4.69) is 9.88 Å². The van der Waals surface area contributed by atoms with Crippen molar-refractivity contribution >= 4 is 42.6 Å². The van der Waals surface area contributed by atoms with Crippen LogP contribution in [0.2, 0.25) is 0 Å². The second-order valence-corrected chi connectivity index (χ2v) is 11.6. The van der Waals surface area contributed by atoms with Crippen LogP contribution in [-0.4, -0.2) is 95.2 Å². The van der Waals surface area contributed by atoms with E-state index in [0.29, 0.717) is 6.54 Å². The lowest BCUT2D eigenvalue weighted by Crippen LogP contribution is -2.39. The van der Waals surface area contributed by atoms with Gasteiger partial charge in [0.2, 0.25) is 10.0 Å². The summed E-state index contributed by atoms with van der Waals surface area (Å²) in [6.45, 7) is 7.08. The Morgan fingerprint density at radius 2 is 1.56 bits per heavy atom. The number of nitrogens with zero attached hydrogens (tertiary/aromatic N) is 4. The maximum absolute atomic E-state index is 14.4. The van der Waals surface area contributed by atoms with E-state index in [9.17, 15) is 22.0 Å². The number of ether oxygens (including phenoxy) is 2. The number of carbonyl (C=O) groups is 1. The summed E-state index contributed by atoms with van der Waals surface area (Å²) >= 11 is 1.02. The van der Waals surface area contributed by atoms with E-state index in [1.54, 1.807) is 0 Å². The highest BCUT2D eigenvalue weighted by molar-refractivity contribution is 7.89. The lowest BCUT2D eigenvalue weighted by molar-refractivity contribution is 0.0983. The summed E-state index contributed by atoms with van der Waals surface area (Å²) in [5, 5.41) is 0.230. The third-order valence-electron chi connectivity index (χ3n) is 6.24. The van der Waals surface area contributed by atoms with Gasteiger partial charge in [-0.25, -0.2) is 22.2 Å². The molecule has 214 valence electrons. The molecule has 1 aromatic heterocycles. The lowest BCUT2D eigenvalue weighted by Gasteiger charge is -2.25. The first kappa shape index (κ1) is 31.0. The predicted octanol–water partition coefficient (Wildman–Crippen LogP) is 3.85. The van der Waals surface area contributed by atoms with Crippen molar-refractivity contribution in [2.75, 3.05) is 71.6 Å². The number of carbonyl (C=O) groups excluding carboxylic acids is 1. The summed E-state index contributed by atoms with van der Waals surface area (Å²) in [6.07, 6.45) is 0. The molecule has 0 saturated carbocycles. The van der Waals surface area contributed by atoms with E-state index in [0.717, 1.165) is 30.5 Å². The minimum absolute atomic E-state index is 0.00862. The smallest absolute Gasteiger partial charge is 0.260 e. The number of aromatic nitrogens is 1. The highest BCUT2D eigenvalue weighted by atomic mass is 32.2.